The van der Waals surface area contributed by atoms with Gasteiger partial charge in [-0.1, -0.05) is 18.2 Å². The van der Waals surface area contributed by atoms with E-state index in [4.69, 9.17) is 11.0 Å². The van der Waals surface area contributed by atoms with Crippen LogP contribution in [0.15, 0.2) is 42.5 Å². The summed E-state index contributed by atoms with van der Waals surface area (Å²) in [5, 5.41) is 13.8. The highest BCUT2D eigenvalue weighted by Gasteiger charge is 2.30. The largest absolute Gasteiger partial charge is 0.336 e. The van der Waals surface area contributed by atoms with Crippen molar-refractivity contribution in [3.8, 4) is 23.0 Å². The Morgan fingerprint density at radius 3 is 2.58 bits per heavy atom. The van der Waals surface area contributed by atoms with Gasteiger partial charge in [0.05, 0.1) is 17.3 Å². The first kappa shape index (κ1) is 21.4. The number of carbonyl (C=O) groups is 1. The lowest BCUT2D eigenvalue weighted by Crippen LogP contribution is -2.46. The summed E-state index contributed by atoms with van der Waals surface area (Å²) in [6.45, 7) is 2.96. The van der Waals surface area contributed by atoms with Crippen LogP contribution >= 0.6 is 0 Å². The molecule has 5 rings (SSSR count). The number of nitrogens with zero attached hydrogens (tertiary/aromatic N) is 4. The van der Waals surface area contributed by atoms with E-state index in [1.807, 2.05) is 13.0 Å². The molecule has 33 heavy (non-hydrogen) atoms. The second-order valence-corrected chi connectivity index (χ2v) is 9.06. The molecule has 3 aromatic rings. The number of rotatable bonds is 4. The first-order valence-electron chi connectivity index (χ1n) is 11.4. The topological polar surface area (TPSA) is 87.9 Å². The lowest BCUT2D eigenvalue weighted by molar-refractivity contribution is 0.0701. The van der Waals surface area contributed by atoms with Gasteiger partial charge in [-0.15, -0.1) is 0 Å². The molecule has 2 heterocycles. The highest BCUT2D eigenvalue weighted by Crippen LogP contribution is 2.41. The predicted molar refractivity (Wildman–Crippen MR) is 123 cm³/mol. The highest BCUT2D eigenvalue weighted by molar-refractivity contribution is 5.96. The predicted octanol–water partition coefficient (Wildman–Crippen LogP) is 4.30. The van der Waals surface area contributed by atoms with Gasteiger partial charge in [-0.2, -0.15) is 10.4 Å². The van der Waals surface area contributed by atoms with E-state index in [9.17, 15) is 4.79 Å². The average Bonchev–Trinajstić information content (AvgIpc) is 3.62. The van der Waals surface area contributed by atoms with E-state index in [0.29, 0.717) is 47.2 Å². The van der Waals surface area contributed by atoms with Crippen LogP contribution in [0.1, 0.15) is 58.8 Å². The third kappa shape index (κ3) is 4.03. The van der Waals surface area contributed by atoms with E-state index in [2.05, 4.69) is 11.2 Å². The van der Waals surface area contributed by atoms with Crippen molar-refractivity contribution in [1.29, 1.82) is 5.26 Å². The number of nitrogens with two attached hydrogens (primary N) is 1. The number of aromatic nitrogens is 2. The fourth-order valence-electron chi connectivity index (χ4n) is 4.62. The van der Waals surface area contributed by atoms with E-state index in [1.165, 1.54) is 4.68 Å². The van der Waals surface area contributed by atoms with Crippen molar-refractivity contribution in [2.75, 3.05) is 13.1 Å². The Morgan fingerprint density at radius 1 is 1.18 bits per heavy atom. The molecule has 0 radical (unpaired) electrons. The number of amides is 1. The van der Waals surface area contributed by atoms with Crippen LogP contribution in [0, 0.1) is 24.1 Å². The Labute approximate surface area is 192 Å². The fraction of sp³-hybridized carbons (Fsp3) is 0.346. The second kappa shape index (κ2) is 8.45. The smallest absolute Gasteiger partial charge is 0.274 e. The number of benzene rings is 2. The van der Waals surface area contributed by atoms with Crippen LogP contribution in [0.3, 0.4) is 0 Å². The van der Waals surface area contributed by atoms with Crippen molar-refractivity contribution >= 4 is 5.91 Å². The van der Waals surface area contributed by atoms with Gasteiger partial charge in [-0.05, 0) is 68.4 Å². The molecule has 2 fully saturated rings. The quantitative estimate of drug-likeness (QED) is 0.651. The third-order valence-corrected chi connectivity index (χ3v) is 6.61. The number of likely N-dealkylation sites (tertiary alicyclic amines) is 1. The normalized spacial score (nSPS) is 18.2. The van der Waals surface area contributed by atoms with Crippen LogP contribution in [0.4, 0.5) is 4.39 Å². The second-order valence-electron chi connectivity index (χ2n) is 9.06. The van der Waals surface area contributed by atoms with Gasteiger partial charge < -0.3 is 10.6 Å². The minimum atomic E-state index is -0.365. The molecule has 6 nitrogen and oxygen atoms in total. The standard InChI is InChI=1S/C26H26FN5O/c1-16-24(26(33)31-12-2-3-21(29)15-31)30-32(25(16)19-6-4-17(14-28)5-7-19)23-11-10-20(13-22(23)27)18-8-9-18/h4-7,10-11,13,18,21H,2-3,8-9,12,15,29H2,1H3/t21-/m1/s1. The molecular formula is C26H26FN5O. The molecule has 0 bridgehead atoms. The Hall–Kier alpha value is -3.50. The molecule has 168 valence electrons. The third-order valence-electron chi connectivity index (χ3n) is 6.61. The van der Waals surface area contributed by atoms with Crippen LogP contribution in [0.5, 0.6) is 0 Å². The maximum Gasteiger partial charge on any atom is 0.274 e. The molecule has 1 aromatic heterocycles. The molecular weight excluding hydrogens is 417 g/mol. The average molecular weight is 444 g/mol. The summed E-state index contributed by atoms with van der Waals surface area (Å²) in [7, 11) is 0. The summed E-state index contributed by atoms with van der Waals surface area (Å²) >= 11 is 0. The van der Waals surface area contributed by atoms with Crippen molar-refractivity contribution in [3.05, 3.63) is 70.7 Å². The van der Waals surface area contributed by atoms with Crippen LogP contribution < -0.4 is 5.73 Å². The van der Waals surface area contributed by atoms with Gasteiger partial charge in [-0.3, -0.25) is 4.79 Å². The molecule has 1 saturated carbocycles. The van der Waals surface area contributed by atoms with Gasteiger partial charge in [0, 0.05) is 30.3 Å². The number of carbonyl (C=O) groups excluding carboxylic acids is 1. The number of halogens is 1. The van der Waals surface area contributed by atoms with Gasteiger partial charge in [-0.25, -0.2) is 9.07 Å². The van der Waals surface area contributed by atoms with Gasteiger partial charge in [0.1, 0.15) is 11.5 Å². The summed E-state index contributed by atoms with van der Waals surface area (Å²) in [4.78, 5) is 15.1. The Balaban J connectivity index is 1.62. The summed E-state index contributed by atoms with van der Waals surface area (Å²) in [5.74, 6) is -0.117. The van der Waals surface area contributed by atoms with Crippen LogP contribution in [0.25, 0.3) is 16.9 Å². The maximum atomic E-state index is 15.3. The Morgan fingerprint density at radius 2 is 1.94 bits per heavy atom. The molecule has 0 unspecified atom stereocenters. The monoisotopic (exact) mass is 443 g/mol. The van der Waals surface area contributed by atoms with Crippen molar-refractivity contribution in [2.45, 2.75) is 44.6 Å². The van der Waals surface area contributed by atoms with E-state index in [0.717, 1.165) is 36.8 Å². The van der Waals surface area contributed by atoms with Crippen LogP contribution in [0.2, 0.25) is 0 Å². The lowest BCUT2D eigenvalue weighted by Gasteiger charge is -2.30. The minimum Gasteiger partial charge on any atom is -0.336 e. The Kier molecular flexibility index (Phi) is 5.47. The van der Waals surface area contributed by atoms with Gasteiger partial charge >= 0.3 is 0 Å². The van der Waals surface area contributed by atoms with Crippen LogP contribution in [-0.4, -0.2) is 39.7 Å². The Bertz CT molecular complexity index is 1250. The number of hydrogen-bond acceptors (Lipinski definition) is 4. The molecule has 7 heteroatoms. The molecule has 1 atom stereocenters. The first-order chi connectivity index (χ1) is 16.0. The van der Waals surface area contributed by atoms with Crippen molar-refractivity contribution < 1.29 is 9.18 Å². The highest BCUT2D eigenvalue weighted by atomic mass is 19.1. The molecule has 2 N–H and O–H groups in total. The van der Waals surface area contributed by atoms with Crippen LogP contribution in [-0.2, 0) is 0 Å². The van der Waals surface area contributed by atoms with E-state index in [1.54, 1.807) is 41.3 Å². The summed E-state index contributed by atoms with van der Waals surface area (Å²) in [6, 6.07) is 14.4. The molecule has 2 aliphatic rings. The van der Waals surface area contributed by atoms with E-state index < -0.39 is 0 Å². The fourth-order valence-corrected chi connectivity index (χ4v) is 4.62. The SMILES string of the molecule is Cc1c(C(=O)N2CCC[C@@H](N)C2)nn(-c2ccc(C3CC3)cc2F)c1-c1ccc(C#N)cc1. The molecule has 1 aliphatic heterocycles. The van der Waals surface area contributed by atoms with E-state index >= 15 is 4.39 Å². The van der Waals surface area contributed by atoms with Crippen molar-refractivity contribution in [1.82, 2.24) is 14.7 Å². The van der Waals surface area contributed by atoms with E-state index in [-0.39, 0.29) is 17.8 Å². The van der Waals surface area contributed by atoms with Gasteiger partial charge in [0.15, 0.2) is 5.69 Å². The lowest BCUT2D eigenvalue weighted by atomic mass is 10.0. The minimum absolute atomic E-state index is 0.0458. The zero-order valence-corrected chi connectivity index (χ0v) is 18.6. The summed E-state index contributed by atoms with van der Waals surface area (Å²) in [6.07, 6.45) is 3.93. The van der Waals surface area contributed by atoms with Crippen molar-refractivity contribution in [3.63, 3.8) is 0 Å². The molecule has 1 aliphatic carbocycles. The zero-order valence-electron chi connectivity index (χ0n) is 18.6. The molecule has 2 aromatic carbocycles. The molecule has 0 spiro atoms. The maximum absolute atomic E-state index is 15.3. The molecule has 1 saturated heterocycles. The van der Waals surface area contributed by atoms with Gasteiger partial charge in [0.25, 0.3) is 5.91 Å². The van der Waals surface area contributed by atoms with Crippen molar-refractivity contribution in [2.24, 2.45) is 5.73 Å². The number of hydrogen-bond donors (Lipinski definition) is 1. The van der Waals surface area contributed by atoms with Gasteiger partial charge in [0.2, 0.25) is 0 Å². The summed E-state index contributed by atoms with van der Waals surface area (Å²) in [5.41, 5.74) is 10.3. The zero-order chi connectivity index (χ0) is 23.1. The summed E-state index contributed by atoms with van der Waals surface area (Å²) < 4.78 is 16.8. The number of piperidine rings is 1. The first-order valence-corrected chi connectivity index (χ1v) is 11.4. The molecule has 1 amide bonds. The number of nitriles is 1.